The van der Waals surface area contributed by atoms with E-state index >= 15 is 0 Å². The van der Waals surface area contributed by atoms with Crippen molar-refractivity contribution in [1.82, 2.24) is 9.80 Å². The van der Waals surface area contributed by atoms with Crippen LogP contribution in [0.2, 0.25) is 0 Å². The van der Waals surface area contributed by atoms with Crippen LogP contribution >= 0.6 is 0 Å². The van der Waals surface area contributed by atoms with E-state index in [1.807, 2.05) is 110 Å². The average Bonchev–Trinajstić information content (AvgIpc) is 3.19. The van der Waals surface area contributed by atoms with Crippen LogP contribution in [0.3, 0.4) is 0 Å². The Bertz CT molecular complexity index is 727. The molecule has 1 atom stereocenters. The van der Waals surface area contributed by atoms with E-state index in [0.717, 1.165) is 11.1 Å². The molecule has 2 amide bonds. The first kappa shape index (κ1) is 30.6. The zero-order valence-electron chi connectivity index (χ0n) is 21.4. The lowest BCUT2D eigenvalue weighted by molar-refractivity contribution is -0.133. The second-order valence-corrected chi connectivity index (χ2v) is 6.03. The zero-order chi connectivity index (χ0) is 24.4. The first-order valence-corrected chi connectivity index (χ1v) is 11.7. The monoisotopic (exact) mass is 428 g/mol. The van der Waals surface area contributed by atoms with Gasteiger partial charge >= 0.3 is 0 Å². The van der Waals surface area contributed by atoms with Crippen LogP contribution in [0.5, 0.6) is 0 Å². The van der Waals surface area contributed by atoms with Crippen molar-refractivity contribution in [3.63, 3.8) is 0 Å². The number of fused-ring (bicyclic) bond motifs is 1. The van der Waals surface area contributed by atoms with Crippen LogP contribution in [-0.4, -0.2) is 41.8 Å². The number of likely N-dealkylation sites (N-methyl/N-ethyl adjacent to an activating group) is 1. The van der Waals surface area contributed by atoms with Crippen LogP contribution in [0, 0.1) is 0 Å². The molecule has 0 spiro atoms. The number of rotatable bonds is 4. The highest BCUT2D eigenvalue weighted by Crippen LogP contribution is 2.26. The molecular formula is C27H44N2O2. The summed E-state index contributed by atoms with van der Waals surface area (Å²) in [5.74, 6) is -0.105. The third kappa shape index (κ3) is 8.95. The first-order chi connectivity index (χ1) is 15.1. The summed E-state index contributed by atoms with van der Waals surface area (Å²) >= 11 is 0. The Balaban J connectivity index is 0. The fourth-order valence-corrected chi connectivity index (χ4v) is 2.99. The normalized spacial score (nSPS) is 11.5. The van der Waals surface area contributed by atoms with Crippen LogP contribution in [0.4, 0.5) is 0 Å². The molecule has 174 valence electrons. The van der Waals surface area contributed by atoms with Gasteiger partial charge in [-0.1, -0.05) is 104 Å². The van der Waals surface area contributed by atoms with Crippen LogP contribution in [0.1, 0.15) is 76.9 Å². The molecule has 4 heteroatoms. The molecule has 0 fully saturated rings. The van der Waals surface area contributed by atoms with Crippen molar-refractivity contribution in [3.05, 3.63) is 71.3 Å². The summed E-state index contributed by atoms with van der Waals surface area (Å²) in [6.07, 6.45) is 0.525. The molecule has 1 unspecified atom stereocenters. The van der Waals surface area contributed by atoms with Gasteiger partial charge in [0.25, 0.3) is 5.91 Å². The number of benzene rings is 2. The van der Waals surface area contributed by atoms with Gasteiger partial charge in [-0.3, -0.25) is 9.59 Å². The molecule has 31 heavy (non-hydrogen) atoms. The molecule has 3 rings (SSSR count). The number of hydrogen-bond acceptors (Lipinski definition) is 2. The minimum atomic E-state index is -0.479. The summed E-state index contributed by atoms with van der Waals surface area (Å²) in [6.45, 7) is 16.5. The predicted molar refractivity (Wildman–Crippen MR) is 134 cm³/mol. The number of carbonyl (C=O) groups is 2. The van der Waals surface area contributed by atoms with Gasteiger partial charge in [0.15, 0.2) is 0 Å². The van der Waals surface area contributed by atoms with Gasteiger partial charge in [-0.25, -0.2) is 0 Å². The number of nitrogens with zero attached hydrogens (tertiary/aromatic N) is 2. The average molecular weight is 429 g/mol. The van der Waals surface area contributed by atoms with Gasteiger partial charge in [-0.15, -0.1) is 0 Å². The minimum absolute atomic E-state index is 0.0463. The lowest BCUT2D eigenvalue weighted by Crippen LogP contribution is -2.47. The van der Waals surface area contributed by atoms with Gasteiger partial charge in [-0.2, -0.15) is 0 Å². The van der Waals surface area contributed by atoms with E-state index in [9.17, 15) is 9.59 Å². The molecule has 4 nitrogen and oxygen atoms in total. The molecule has 2 aromatic carbocycles. The molecule has 0 radical (unpaired) electrons. The maximum atomic E-state index is 12.7. The number of hydrogen-bond donors (Lipinski definition) is 0. The van der Waals surface area contributed by atoms with E-state index in [2.05, 4.69) is 0 Å². The maximum absolute atomic E-state index is 12.7. The number of carbonyl (C=O) groups excluding carboxylic acids is 2. The highest BCUT2D eigenvalue weighted by Gasteiger charge is 2.36. The van der Waals surface area contributed by atoms with E-state index in [0.29, 0.717) is 18.5 Å². The van der Waals surface area contributed by atoms with E-state index in [1.165, 1.54) is 0 Å². The van der Waals surface area contributed by atoms with Gasteiger partial charge in [-0.05, 0) is 17.2 Å². The third-order valence-electron chi connectivity index (χ3n) is 4.22. The topological polar surface area (TPSA) is 40.6 Å². The number of amides is 2. The maximum Gasteiger partial charge on any atom is 0.255 e. The summed E-state index contributed by atoms with van der Waals surface area (Å²) in [6, 6.07) is 16.9. The van der Waals surface area contributed by atoms with Gasteiger partial charge in [0.1, 0.15) is 6.04 Å². The second kappa shape index (κ2) is 18.2. The van der Waals surface area contributed by atoms with E-state index in [1.54, 1.807) is 23.9 Å². The molecule has 1 heterocycles. The van der Waals surface area contributed by atoms with Crippen LogP contribution in [0.25, 0.3) is 0 Å². The lowest BCUT2D eigenvalue weighted by Gasteiger charge is -2.29. The third-order valence-corrected chi connectivity index (χ3v) is 4.22. The highest BCUT2D eigenvalue weighted by atomic mass is 16.2. The Morgan fingerprint density at radius 2 is 1.32 bits per heavy atom. The summed E-state index contributed by atoms with van der Waals surface area (Å²) in [5.41, 5.74) is 2.75. The summed E-state index contributed by atoms with van der Waals surface area (Å²) < 4.78 is 0. The van der Waals surface area contributed by atoms with Crippen molar-refractivity contribution in [2.75, 3.05) is 14.1 Å². The van der Waals surface area contributed by atoms with Crippen LogP contribution < -0.4 is 0 Å². The largest absolute Gasteiger partial charge is 0.347 e. The molecule has 2 aromatic rings. The van der Waals surface area contributed by atoms with Crippen molar-refractivity contribution in [3.8, 4) is 0 Å². The fourth-order valence-electron chi connectivity index (χ4n) is 2.99. The molecule has 0 N–H and O–H groups in total. The minimum Gasteiger partial charge on any atom is -0.347 e. The smallest absolute Gasteiger partial charge is 0.255 e. The Labute approximate surface area is 191 Å². The summed E-state index contributed by atoms with van der Waals surface area (Å²) in [4.78, 5) is 28.6. The van der Waals surface area contributed by atoms with Gasteiger partial charge in [0.2, 0.25) is 5.91 Å². The SMILES string of the molecule is CC.CC.CC.CC.CN(C)C(=O)C(Cc1ccccc1)N1Cc2ccccc2C1=O. The first-order valence-electron chi connectivity index (χ1n) is 11.7. The summed E-state index contributed by atoms with van der Waals surface area (Å²) in [5, 5.41) is 0. The van der Waals surface area contributed by atoms with Crippen LogP contribution in [0.15, 0.2) is 54.6 Å². The van der Waals surface area contributed by atoms with Crippen molar-refractivity contribution >= 4 is 11.8 Å². The molecule has 0 saturated carbocycles. The highest BCUT2D eigenvalue weighted by molar-refractivity contribution is 6.01. The zero-order valence-corrected chi connectivity index (χ0v) is 21.4. The van der Waals surface area contributed by atoms with Gasteiger partial charge < -0.3 is 9.80 Å². The molecule has 0 saturated heterocycles. The fraction of sp³-hybridized carbons (Fsp3) is 0.481. The molecule has 0 aromatic heterocycles. The Kier molecular flexibility index (Phi) is 17.9. The van der Waals surface area contributed by atoms with E-state index < -0.39 is 6.04 Å². The van der Waals surface area contributed by atoms with Crippen molar-refractivity contribution in [1.29, 1.82) is 0 Å². The lowest BCUT2D eigenvalue weighted by atomic mass is 10.0. The molecule has 1 aliphatic rings. The van der Waals surface area contributed by atoms with Crippen molar-refractivity contribution in [2.24, 2.45) is 0 Å². The quantitative estimate of drug-likeness (QED) is 0.562. The predicted octanol–water partition coefficient (Wildman–Crippen LogP) is 6.45. The van der Waals surface area contributed by atoms with Gasteiger partial charge in [0.05, 0.1) is 0 Å². The molecule has 0 aliphatic carbocycles. The van der Waals surface area contributed by atoms with Crippen LogP contribution in [-0.2, 0) is 17.8 Å². The Morgan fingerprint density at radius 1 is 0.839 bits per heavy atom. The van der Waals surface area contributed by atoms with E-state index in [-0.39, 0.29) is 11.8 Å². The molecular weight excluding hydrogens is 384 g/mol. The second-order valence-electron chi connectivity index (χ2n) is 6.03. The molecule has 0 bridgehead atoms. The summed E-state index contributed by atoms with van der Waals surface area (Å²) in [7, 11) is 3.46. The van der Waals surface area contributed by atoms with Crippen molar-refractivity contribution in [2.45, 2.75) is 74.4 Å². The van der Waals surface area contributed by atoms with Gasteiger partial charge in [0, 0.05) is 32.6 Å². The Hall–Kier alpha value is -2.62. The molecule has 1 aliphatic heterocycles. The van der Waals surface area contributed by atoms with E-state index in [4.69, 9.17) is 0 Å². The standard InChI is InChI=1S/C19H20N2O2.4C2H6/c1-20(2)19(23)17(12-14-8-4-3-5-9-14)21-13-15-10-6-7-11-16(15)18(21)22;4*1-2/h3-11,17H,12-13H2,1-2H3;4*1-2H3. The van der Waals surface area contributed by atoms with Crippen molar-refractivity contribution < 1.29 is 9.59 Å². The Morgan fingerprint density at radius 3 is 1.81 bits per heavy atom.